The fourth-order valence-electron chi connectivity index (χ4n) is 1.82. The SMILES string of the molecule is Fc1ccc(/C=N\NC(=S)NC[C@H]2CCCO2)c(F)c1. The fourth-order valence-corrected chi connectivity index (χ4v) is 1.95. The van der Waals surface area contributed by atoms with Gasteiger partial charge in [-0.05, 0) is 37.2 Å². The van der Waals surface area contributed by atoms with Crippen LogP contribution in [0.3, 0.4) is 0 Å². The van der Waals surface area contributed by atoms with Crippen LogP contribution in [0.1, 0.15) is 18.4 Å². The van der Waals surface area contributed by atoms with Gasteiger partial charge in [0.15, 0.2) is 5.11 Å². The van der Waals surface area contributed by atoms with Gasteiger partial charge in [0, 0.05) is 24.8 Å². The highest BCUT2D eigenvalue weighted by Crippen LogP contribution is 2.10. The third-order valence-electron chi connectivity index (χ3n) is 2.85. The zero-order valence-electron chi connectivity index (χ0n) is 10.7. The Hall–Kier alpha value is -1.60. The number of nitrogens with one attached hydrogen (secondary N) is 2. The van der Waals surface area contributed by atoms with Crippen molar-refractivity contribution in [3.63, 3.8) is 0 Å². The Morgan fingerprint density at radius 1 is 1.50 bits per heavy atom. The number of nitrogens with zero attached hydrogens (tertiary/aromatic N) is 1. The van der Waals surface area contributed by atoms with Crippen LogP contribution in [-0.2, 0) is 4.74 Å². The van der Waals surface area contributed by atoms with Crippen molar-refractivity contribution in [2.24, 2.45) is 5.10 Å². The Morgan fingerprint density at radius 3 is 3.05 bits per heavy atom. The monoisotopic (exact) mass is 299 g/mol. The fraction of sp³-hybridized carbons (Fsp3) is 0.385. The summed E-state index contributed by atoms with van der Waals surface area (Å²) in [5.41, 5.74) is 2.75. The summed E-state index contributed by atoms with van der Waals surface area (Å²) in [6.45, 7) is 1.40. The van der Waals surface area contributed by atoms with E-state index in [1.807, 2.05) is 0 Å². The van der Waals surface area contributed by atoms with E-state index in [-0.39, 0.29) is 11.7 Å². The van der Waals surface area contributed by atoms with Gasteiger partial charge in [-0.15, -0.1) is 0 Å². The van der Waals surface area contributed by atoms with Crippen LogP contribution in [-0.4, -0.2) is 30.6 Å². The minimum Gasteiger partial charge on any atom is -0.376 e. The molecule has 0 amide bonds. The molecule has 1 aromatic carbocycles. The Labute approximate surface area is 121 Å². The van der Waals surface area contributed by atoms with Crippen LogP contribution in [0.25, 0.3) is 0 Å². The molecule has 0 unspecified atom stereocenters. The highest BCUT2D eigenvalue weighted by atomic mass is 32.1. The second-order valence-electron chi connectivity index (χ2n) is 4.38. The highest BCUT2D eigenvalue weighted by molar-refractivity contribution is 7.80. The molecule has 2 rings (SSSR count). The first-order valence-corrected chi connectivity index (χ1v) is 6.69. The summed E-state index contributed by atoms with van der Waals surface area (Å²) in [7, 11) is 0. The summed E-state index contributed by atoms with van der Waals surface area (Å²) >= 11 is 5.01. The maximum atomic E-state index is 13.3. The van der Waals surface area contributed by atoms with Crippen molar-refractivity contribution in [1.82, 2.24) is 10.7 Å². The summed E-state index contributed by atoms with van der Waals surface area (Å²) in [5.74, 6) is -1.30. The Kier molecular flexibility index (Phi) is 5.37. The molecule has 0 aromatic heterocycles. The Balaban J connectivity index is 1.75. The lowest BCUT2D eigenvalue weighted by molar-refractivity contribution is 0.114. The molecule has 1 fully saturated rings. The van der Waals surface area contributed by atoms with Gasteiger partial charge in [0.1, 0.15) is 11.6 Å². The molecule has 108 valence electrons. The normalized spacial score (nSPS) is 18.4. The van der Waals surface area contributed by atoms with E-state index in [9.17, 15) is 8.78 Å². The second kappa shape index (κ2) is 7.25. The van der Waals surface area contributed by atoms with Crippen molar-refractivity contribution >= 4 is 23.5 Å². The first-order chi connectivity index (χ1) is 9.65. The molecule has 20 heavy (non-hydrogen) atoms. The molecule has 0 aliphatic carbocycles. The van der Waals surface area contributed by atoms with Gasteiger partial charge < -0.3 is 10.1 Å². The van der Waals surface area contributed by atoms with Crippen LogP contribution >= 0.6 is 12.2 Å². The number of benzene rings is 1. The van der Waals surface area contributed by atoms with Crippen LogP contribution in [0.15, 0.2) is 23.3 Å². The van der Waals surface area contributed by atoms with E-state index in [2.05, 4.69) is 15.8 Å². The minimum absolute atomic E-state index is 0.174. The van der Waals surface area contributed by atoms with Crippen molar-refractivity contribution in [1.29, 1.82) is 0 Å². The average Bonchev–Trinajstić information content (AvgIpc) is 2.92. The average molecular weight is 299 g/mol. The molecule has 7 heteroatoms. The van der Waals surface area contributed by atoms with E-state index in [1.54, 1.807) is 0 Å². The van der Waals surface area contributed by atoms with Gasteiger partial charge in [0.25, 0.3) is 0 Å². The largest absolute Gasteiger partial charge is 0.376 e. The van der Waals surface area contributed by atoms with E-state index in [0.717, 1.165) is 25.5 Å². The van der Waals surface area contributed by atoms with E-state index in [4.69, 9.17) is 17.0 Å². The predicted octanol–water partition coefficient (Wildman–Crippen LogP) is 1.94. The van der Waals surface area contributed by atoms with Crippen LogP contribution in [0.5, 0.6) is 0 Å². The maximum Gasteiger partial charge on any atom is 0.187 e. The first kappa shape index (κ1) is 14.8. The number of rotatable bonds is 4. The number of ether oxygens (including phenoxy) is 1. The van der Waals surface area contributed by atoms with Crippen LogP contribution in [0.2, 0.25) is 0 Å². The van der Waals surface area contributed by atoms with Crippen LogP contribution in [0.4, 0.5) is 8.78 Å². The van der Waals surface area contributed by atoms with Crippen molar-refractivity contribution in [2.45, 2.75) is 18.9 Å². The second-order valence-corrected chi connectivity index (χ2v) is 4.79. The van der Waals surface area contributed by atoms with Crippen LogP contribution < -0.4 is 10.7 Å². The number of thiocarbonyl (C=S) groups is 1. The van der Waals surface area contributed by atoms with Crippen molar-refractivity contribution < 1.29 is 13.5 Å². The van der Waals surface area contributed by atoms with Gasteiger partial charge in [0.05, 0.1) is 12.3 Å². The standard InChI is InChI=1S/C13H15F2N3OS/c14-10-4-3-9(12(15)6-10)7-17-18-13(20)16-8-11-2-1-5-19-11/h3-4,6-7,11H,1-2,5,8H2,(H2,16,18,20)/b17-7-/t11-/m1/s1. The summed E-state index contributed by atoms with van der Waals surface area (Å²) < 4.78 is 31.4. The zero-order valence-corrected chi connectivity index (χ0v) is 11.6. The Morgan fingerprint density at radius 2 is 2.35 bits per heavy atom. The molecule has 0 radical (unpaired) electrons. The third kappa shape index (κ3) is 4.50. The molecule has 1 aromatic rings. The predicted molar refractivity (Wildman–Crippen MR) is 76.7 cm³/mol. The van der Waals surface area contributed by atoms with Crippen molar-refractivity contribution in [2.75, 3.05) is 13.2 Å². The topological polar surface area (TPSA) is 45.7 Å². The lowest BCUT2D eigenvalue weighted by Gasteiger charge is -2.11. The molecule has 0 bridgehead atoms. The number of hydrogen-bond donors (Lipinski definition) is 2. The maximum absolute atomic E-state index is 13.3. The molecule has 4 nitrogen and oxygen atoms in total. The first-order valence-electron chi connectivity index (χ1n) is 6.29. The number of hydrogen-bond acceptors (Lipinski definition) is 3. The van der Waals surface area contributed by atoms with Gasteiger partial charge in [-0.1, -0.05) is 0 Å². The van der Waals surface area contributed by atoms with Gasteiger partial charge >= 0.3 is 0 Å². The number of halogens is 2. The zero-order chi connectivity index (χ0) is 14.4. The molecular formula is C13H15F2N3OS. The lowest BCUT2D eigenvalue weighted by Crippen LogP contribution is -2.37. The molecular weight excluding hydrogens is 284 g/mol. The molecule has 0 saturated carbocycles. The van der Waals surface area contributed by atoms with Crippen LogP contribution in [0, 0.1) is 11.6 Å². The summed E-state index contributed by atoms with van der Waals surface area (Å²) in [4.78, 5) is 0. The molecule has 1 aliphatic heterocycles. The summed E-state index contributed by atoms with van der Waals surface area (Å²) in [5, 5.41) is 7.09. The molecule has 0 spiro atoms. The van der Waals surface area contributed by atoms with Gasteiger partial charge in [-0.3, -0.25) is 5.43 Å². The van der Waals surface area contributed by atoms with Gasteiger partial charge in [0.2, 0.25) is 0 Å². The minimum atomic E-state index is -0.672. The summed E-state index contributed by atoms with van der Waals surface area (Å²) in [6.07, 6.45) is 3.50. The molecule has 1 heterocycles. The van der Waals surface area contributed by atoms with Crippen molar-refractivity contribution in [3.05, 3.63) is 35.4 Å². The van der Waals surface area contributed by atoms with E-state index in [0.29, 0.717) is 11.7 Å². The molecule has 1 aliphatic rings. The quantitative estimate of drug-likeness (QED) is 0.507. The molecule has 1 atom stereocenters. The van der Waals surface area contributed by atoms with E-state index in [1.165, 1.54) is 18.3 Å². The third-order valence-corrected chi connectivity index (χ3v) is 3.08. The smallest absolute Gasteiger partial charge is 0.187 e. The number of hydrazone groups is 1. The van der Waals surface area contributed by atoms with E-state index >= 15 is 0 Å². The lowest BCUT2D eigenvalue weighted by atomic mass is 10.2. The Bertz CT molecular complexity index is 504. The van der Waals surface area contributed by atoms with Crippen molar-refractivity contribution in [3.8, 4) is 0 Å². The van der Waals surface area contributed by atoms with Gasteiger partial charge in [-0.25, -0.2) is 8.78 Å². The molecule has 1 saturated heterocycles. The van der Waals surface area contributed by atoms with Gasteiger partial charge in [-0.2, -0.15) is 5.10 Å². The highest BCUT2D eigenvalue weighted by Gasteiger charge is 2.14. The van der Waals surface area contributed by atoms with E-state index < -0.39 is 11.6 Å². The molecule has 2 N–H and O–H groups in total. The summed E-state index contributed by atoms with van der Waals surface area (Å²) in [6, 6.07) is 3.27.